The van der Waals surface area contributed by atoms with Gasteiger partial charge in [0.1, 0.15) is 18.8 Å². The molecule has 0 saturated heterocycles. The molecule has 0 atom stereocenters. The van der Waals surface area contributed by atoms with Crippen LogP contribution >= 0.6 is 0 Å². The number of ether oxygens (including phenoxy) is 2. The number of aromatic nitrogens is 1. The molecule has 1 rings (SSSR count). The highest BCUT2D eigenvalue weighted by atomic mass is 16.5. The van der Waals surface area contributed by atoms with Gasteiger partial charge in [-0.3, -0.25) is 19.4 Å². The summed E-state index contributed by atoms with van der Waals surface area (Å²) in [7, 11) is 2.32. The van der Waals surface area contributed by atoms with E-state index in [0.717, 1.165) is 25.3 Å². The lowest BCUT2D eigenvalue weighted by Crippen LogP contribution is -2.40. The highest BCUT2D eigenvalue weighted by Gasteiger charge is 2.24. The average molecular weight is 282 g/mol. The van der Waals surface area contributed by atoms with Crippen LogP contribution in [0.15, 0.2) is 18.5 Å². The van der Waals surface area contributed by atoms with Crippen molar-refractivity contribution in [3.8, 4) is 5.75 Å². The summed E-state index contributed by atoms with van der Waals surface area (Å²) in [6.07, 6.45) is 2.39. The van der Waals surface area contributed by atoms with Crippen molar-refractivity contribution in [1.82, 2.24) is 9.88 Å². The van der Waals surface area contributed by atoms with Gasteiger partial charge >= 0.3 is 11.9 Å². The van der Waals surface area contributed by atoms with Crippen molar-refractivity contribution >= 4 is 17.8 Å². The van der Waals surface area contributed by atoms with Gasteiger partial charge in [0.05, 0.1) is 26.0 Å². The molecule has 0 saturated carbocycles. The molecule has 1 heterocycles. The summed E-state index contributed by atoms with van der Waals surface area (Å²) in [5, 5.41) is 9.57. The second-order valence-corrected chi connectivity index (χ2v) is 3.71. The Morgan fingerprint density at radius 1 is 1.20 bits per heavy atom. The molecule has 20 heavy (non-hydrogen) atoms. The first-order valence-electron chi connectivity index (χ1n) is 5.55. The molecule has 1 aromatic heterocycles. The third kappa shape index (κ3) is 3.94. The van der Waals surface area contributed by atoms with E-state index in [0.29, 0.717) is 0 Å². The van der Waals surface area contributed by atoms with Gasteiger partial charge in [-0.2, -0.15) is 0 Å². The molecule has 0 radical (unpaired) electrons. The number of methoxy groups -OCH3 is 2. The monoisotopic (exact) mass is 282 g/mol. The molecule has 0 aromatic carbocycles. The van der Waals surface area contributed by atoms with Gasteiger partial charge in [0.15, 0.2) is 0 Å². The lowest BCUT2D eigenvalue weighted by molar-refractivity contribution is -0.144. The van der Waals surface area contributed by atoms with E-state index in [-0.39, 0.29) is 11.3 Å². The quantitative estimate of drug-likeness (QED) is 0.731. The minimum atomic E-state index is -0.708. The summed E-state index contributed by atoms with van der Waals surface area (Å²) in [6.45, 7) is -0.877. The van der Waals surface area contributed by atoms with Crippen LogP contribution in [0.4, 0.5) is 0 Å². The standard InChI is InChI=1S/C12H14N2O6/c1-19-10(16)6-14(7-11(17)20-2)12(18)8-3-4-13-5-9(8)15/h3-5,15H,6-7H2,1-2H3. The summed E-state index contributed by atoms with van der Waals surface area (Å²) in [5.74, 6) is -2.45. The first-order valence-corrected chi connectivity index (χ1v) is 5.55. The third-order valence-corrected chi connectivity index (χ3v) is 2.41. The predicted molar refractivity (Wildman–Crippen MR) is 65.8 cm³/mol. The molecule has 0 aliphatic rings. The van der Waals surface area contributed by atoms with Crippen LogP contribution in [0.25, 0.3) is 0 Å². The number of amides is 1. The van der Waals surface area contributed by atoms with Crippen LogP contribution in [0.5, 0.6) is 5.75 Å². The van der Waals surface area contributed by atoms with Crippen molar-refractivity contribution in [3.05, 3.63) is 24.0 Å². The predicted octanol–water partition coefficient (Wildman–Crippen LogP) is -0.425. The van der Waals surface area contributed by atoms with Gasteiger partial charge in [-0.15, -0.1) is 0 Å². The van der Waals surface area contributed by atoms with Gasteiger partial charge < -0.3 is 19.5 Å². The fourth-order valence-electron chi connectivity index (χ4n) is 1.38. The van der Waals surface area contributed by atoms with Gasteiger partial charge in [-0.05, 0) is 6.07 Å². The fraction of sp³-hybridized carbons (Fsp3) is 0.333. The smallest absolute Gasteiger partial charge is 0.325 e. The van der Waals surface area contributed by atoms with E-state index in [1.165, 1.54) is 12.3 Å². The molecular weight excluding hydrogens is 268 g/mol. The second kappa shape index (κ2) is 7.07. The van der Waals surface area contributed by atoms with E-state index >= 15 is 0 Å². The number of carbonyl (C=O) groups excluding carboxylic acids is 3. The van der Waals surface area contributed by atoms with Crippen molar-refractivity contribution in [3.63, 3.8) is 0 Å². The zero-order valence-corrected chi connectivity index (χ0v) is 11.0. The van der Waals surface area contributed by atoms with Crippen LogP contribution in [0, 0.1) is 0 Å². The molecule has 8 nitrogen and oxygen atoms in total. The minimum absolute atomic E-state index is 0.0761. The van der Waals surface area contributed by atoms with Gasteiger partial charge in [-0.25, -0.2) is 0 Å². The van der Waals surface area contributed by atoms with Crippen molar-refractivity contribution < 1.29 is 29.0 Å². The number of hydrogen-bond acceptors (Lipinski definition) is 7. The molecule has 1 aromatic rings. The maximum atomic E-state index is 12.2. The summed E-state index contributed by atoms with van der Waals surface area (Å²) in [4.78, 5) is 39.3. The topological polar surface area (TPSA) is 106 Å². The van der Waals surface area contributed by atoms with Gasteiger partial charge in [0, 0.05) is 6.20 Å². The van der Waals surface area contributed by atoms with Gasteiger partial charge in [0.25, 0.3) is 5.91 Å². The maximum absolute atomic E-state index is 12.2. The van der Waals surface area contributed by atoms with E-state index in [2.05, 4.69) is 14.5 Å². The number of esters is 2. The zero-order chi connectivity index (χ0) is 15.1. The van der Waals surface area contributed by atoms with Crippen molar-refractivity contribution in [2.24, 2.45) is 0 Å². The summed E-state index contributed by atoms with van der Waals surface area (Å²) >= 11 is 0. The number of nitrogens with zero attached hydrogens (tertiary/aromatic N) is 2. The largest absolute Gasteiger partial charge is 0.505 e. The Bertz CT molecular complexity index is 498. The first-order chi connectivity index (χ1) is 9.49. The summed E-state index contributed by atoms with van der Waals surface area (Å²) < 4.78 is 8.90. The van der Waals surface area contributed by atoms with Crippen LogP contribution in [0.3, 0.4) is 0 Å². The maximum Gasteiger partial charge on any atom is 0.325 e. The normalized spacial score (nSPS) is 9.70. The zero-order valence-electron chi connectivity index (χ0n) is 11.0. The van der Waals surface area contributed by atoms with E-state index in [4.69, 9.17) is 0 Å². The molecule has 1 N–H and O–H groups in total. The van der Waals surface area contributed by atoms with Crippen LogP contribution in [0.1, 0.15) is 10.4 Å². The van der Waals surface area contributed by atoms with E-state index in [1.54, 1.807) is 0 Å². The van der Waals surface area contributed by atoms with Crippen molar-refractivity contribution in [2.45, 2.75) is 0 Å². The van der Waals surface area contributed by atoms with Crippen molar-refractivity contribution in [2.75, 3.05) is 27.3 Å². The molecular formula is C12H14N2O6. The van der Waals surface area contributed by atoms with Crippen LogP contribution in [-0.4, -0.2) is 60.1 Å². The summed E-state index contributed by atoms with van der Waals surface area (Å²) in [6, 6.07) is 1.28. The lowest BCUT2D eigenvalue weighted by atomic mass is 10.2. The molecule has 0 aliphatic heterocycles. The fourth-order valence-corrected chi connectivity index (χ4v) is 1.38. The summed E-state index contributed by atoms with van der Waals surface area (Å²) in [5.41, 5.74) is -0.0761. The number of carbonyl (C=O) groups is 3. The Hall–Kier alpha value is -2.64. The Labute approximate surface area is 114 Å². The average Bonchev–Trinajstić information content (AvgIpc) is 2.45. The third-order valence-electron chi connectivity index (χ3n) is 2.41. The molecule has 0 fully saturated rings. The van der Waals surface area contributed by atoms with Gasteiger partial charge in [0.2, 0.25) is 0 Å². The van der Waals surface area contributed by atoms with Crippen LogP contribution in [0.2, 0.25) is 0 Å². The Balaban J connectivity index is 2.97. The molecule has 1 amide bonds. The number of aromatic hydroxyl groups is 1. The van der Waals surface area contributed by atoms with Gasteiger partial charge in [-0.1, -0.05) is 0 Å². The number of rotatable bonds is 5. The molecule has 0 unspecified atom stereocenters. The Kier molecular flexibility index (Phi) is 5.45. The Morgan fingerprint density at radius 3 is 2.20 bits per heavy atom. The number of hydrogen-bond donors (Lipinski definition) is 1. The Morgan fingerprint density at radius 2 is 1.75 bits per heavy atom. The van der Waals surface area contributed by atoms with E-state index < -0.39 is 30.9 Å². The van der Waals surface area contributed by atoms with E-state index in [1.807, 2.05) is 0 Å². The molecule has 0 aliphatic carbocycles. The van der Waals surface area contributed by atoms with Crippen molar-refractivity contribution in [1.29, 1.82) is 0 Å². The number of pyridine rings is 1. The molecule has 0 bridgehead atoms. The van der Waals surface area contributed by atoms with Crippen LogP contribution in [-0.2, 0) is 19.1 Å². The second-order valence-electron chi connectivity index (χ2n) is 3.71. The SMILES string of the molecule is COC(=O)CN(CC(=O)OC)C(=O)c1ccncc1O. The molecule has 108 valence electrons. The highest BCUT2D eigenvalue weighted by molar-refractivity contribution is 5.99. The molecule has 0 spiro atoms. The minimum Gasteiger partial charge on any atom is -0.505 e. The van der Waals surface area contributed by atoms with Crippen LogP contribution < -0.4 is 0 Å². The molecule has 8 heteroatoms. The van der Waals surface area contributed by atoms with E-state index in [9.17, 15) is 19.5 Å². The first kappa shape index (κ1) is 15.4. The lowest BCUT2D eigenvalue weighted by Gasteiger charge is -2.20. The highest BCUT2D eigenvalue weighted by Crippen LogP contribution is 2.16.